The molecule has 2 aromatic rings. The van der Waals surface area contributed by atoms with Crippen LogP contribution in [0.4, 0.5) is 0 Å². The van der Waals surface area contributed by atoms with Crippen molar-refractivity contribution < 1.29 is 0 Å². The van der Waals surface area contributed by atoms with E-state index in [1.165, 1.54) is 43.2 Å². The Hall–Kier alpha value is -0.910. The van der Waals surface area contributed by atoms with Gasteiger partial charge in [-0.15, -0.1) is 0 Å². The summed E-state index contributed by atoms with van der Waals surface area (Å²) in [6, 6.07) is 18.8. The lowest BCUT2D eigenvalue weighted by atomic mass is 9.92. The Balaban J connectivity index is 0.00000102. The van der Waals surface area contributed by atoms with Crippen molar-refractivity contribution in [1.29, 1.82) is 0 Å². The van der Waals surface area contributed by atoms with Gasteiger partial charge in [-0.3, -0.25) is 4.90 Å². The van der Waals surface area contributed by atoms with Crippen LogP contribution in [-0.2, 0) is 12.8 Å². The van der Waals surface area contributed by atoms with E-state index in [4.69, 9.17) is 0 Å². The van der Waals surface area contributed by atoms with Crippen molar-refractivity contribution in [2.45, 2.75) is 38.1 Å². The molecule has 1 saturated heterocycles. The van der Waals surface area contributed by atoms with E-state index >= 15 is 0 Å². The van der Waals surface area contributed by atoms with Crippen LogP contribution in [0.15, 0.2) is 48.5 Å². The first kappa shape index (κ1) is 20.8. The molecule has 2 aliphatic rings. The van der Waals surface area contributed by atoms with E-state index in [9.17, 15) is 0 Å². The number of halogens is 1. The lowest BCUT2D eigenvalue weighted by Gasteiger charge is -2.38. The molecule has 0 aromatic heterocycles. The number of likely N-dealkylation sites (N-methyl/N-ethyl adjacent to an activating group) is 1. The largest absolute Gasteiger partial charge is 0.304 e. The fraction of sp³-hybridized carbons (Fsp3) is 0.500. The first-order valence-corrected chi connectivity index (χ1v) is 12.4. The van der Waals surface area contributed by atoms with Gasteiger partial charge < -0.3 is 4.90 Å². The van der Waals surface area contributed by atoms with Gasteiger partial charge >= 0.3 is 0 Å². The predicted octanol–water partition coefficient (Wildman–Crippen LogP) is 5.34. The van der Waals surface area contributed by atoms with Crippen LogP contribution in [0.5, 0.6) is 0 Å². The predicted molar refractivity (Wildman–Crippen MR) is 125 cm³/mol. The number of rotatable bonds is 3. The van der Waals surface area contributed by atoms with Gasteiger partial charge in [-0.1, -0.05) is 77.5 Å². The first-order valence-electron chi connectivity index (χ1n) is 10.3. The number of fused-ring (bicyclic) bond motifs is 1. The zero-order valence-electron chi connectivity index (χ0n) is 16.8. The normalized spacial score (nSPS) is 19.4. The highest BCUT2D eigenvalue weighted by Gasteiger charge is 2.26. The minimum absolute atomic E-state index is 0.392. The van der Waals surface area contributed by atoms with Crippen molar-refractivity contribution in [3.63, 3.8) is 0 Å². The topological polar surface area (TPSA) is 6.48 Å². The van der Waals surface area contributed by atoms with Gasteiger partial charge in [-0.2, -0.15) is 0 Å². The van der Waals surface area contributed by atoms with E-state index in [2.05, 4.69) is 88.0 Å². The van der Waals surface area contributed by atoms with E-state index < -0.39 is 0 Å². The number of nitrogens with zero attached hydrogens (tertiary/aromatic N) is 2. The molecule has 1 heterocycles. The second-order valence-corrected chi connectivity index (χ2v) is 7.74. The summed E-state index contributed by atoms with van der Waals surface area (Å²) in [5, 5.41) is 0. The Morgan fingerprint density at radius 2 is 1.41 bits per heavy atom. The van der Waals surface area contributed by atoms with Gasteiger partial charge in [-0.25, -0.2) is 0 Å². The van der Waals surface area contributed by atoms with Crippen LogP contribution >= 0.6 is 22.6 Å². The third kappa shape index (κ3) is 5.33. The molecule has 1 aliphatic carbocycles. The quantitative estimate of drug-likeness (QED) is 0.335. The van der Waals surface area contributed by atoms with Crippen LogP contribution in [0.2, 0.25) is 0 Å². The number of benzene rings is 2. The fourth-order valence-corrected chi connectivity index (χ4v) is 4.43. The Bertz CT molecular complexity index is 693. The van der Waals surface area contributed by atoms with Crippen molar-refractivity contribution in [2.75, 3.05) is 38.2 Å². The van der Waals surface area contributed by atoms with Gasteiger partial charge in [0.1, 0.15) is 0 Å². The summed E-state index contributed by atoms with van der Waals surface area (Å²) in [5.41, 5.74) is 6.11. The Kier molecular flexibility index (Phi) is 8.16. The summed E-state index contributed by atoms with van der Waals surface area (Å²) < 4.78 is 0. The van der Waals surface area contributed by atoms with E-state index in [-0.39, 0.29) is 0 Å². The van der Waals surface area contributed by atoms with Gasteiger partial charge in [0.05, 0.1) is 6.04 Å². The van der Waals surface area contributed by atoms with E-state index in [0.29, 0.717) is 6.04 Å². The van der Waals surface area contributed by atoms with Crippen LogP contribution in [0, 0.1) is 0 Å². The van der Waals surface area contributed by atoms with Gasteiger partial charge in [0, 0.05) is 26.2 Å². The molecule has 1 fully saturated rings. The summed E-state index contributed by atoms with van der Waals surface area (Å²) in [4.78, 5) is 7.08. The smallest absolute Gasteiger partial charge is 0.0602 e. The molecule has 0 N–H and O–H groups in total. The average molecular weight is 476 g/mol. The Labute approximate surface area is 179 Å². The van der Waals surface area contributed by atoms with Gasteiger partial charge in [-0.05, 0) is 59.9 Å². The second-order valence-electron chi connectivity index (χ2n) is 7.74. The van der Waals surface area contributed by atoms with Gasteiger partial charge in [0.15, 0.2) is 0 Å². The maximum absolute atomic E-state index is 2.67. The molecule has 1 unspecified atom stereocenters. The summed E-state index contributed by atoms with van der Waals surface area (Å²) in [6.45, 7) is 4.61. The molecule has 1 aliphatic heterocycles. The average Bonchev–Trinajstić information content (AvgIpc) is 2.97. The number of hydrogen-bond donors (Lipinski definition) is 0. The maximum Gasteiger partial charge on any atom is 0.0602 e. The molecule has 2 aromatic carbocycles. The van der Waals surface area contributed by atoms with Crippen molar-refractivity contribution >= 4 is 22.6 Å². The number of alkyl halides is 1. The highest BCUT2D eigenvalue weighted by atomic mass is 127. The first-order chi connectivity index (χ1) is 13.3. The third-order valence-electron chi connectivity index (χ3n) is 5.96. The Morgan fingerprint density at radius 3 is 2.11 bits per heavy atom. The van der Waals surface area contributed by atoms with Crippen LogP contribution in [0.3, 0.4) is 0 Å². The number of aryl methyl sites for hydroxylation is 2. The molecule has 1 atom stereocenters. The van der Waals surface area contributed by atoms with Gasteiger partial charge in [0.25, 0.3) is 0 Å². The summed E-state index contributed by atoms with van der Waals surface area (Å²) >= 11 is 2.15. The summed E-state index contributed by atoms with van der Waals surface area (Å²) in [6.07, 6.45) is 6.60. The molecule has 0 bridgehead atoms. The van der Waals surface area contributed by atoms with Crippen molar-refractivity contribution in [1.82, 2.24) is 9.80 Å². The molecule has 0 spiro atoms. The standard InChI is InChI=1S/C23H30N2.CH3I/c1-24-14-16-25(17-15-24)23(20-9-5-3-6-10-20)22-13-12-19-8-4-2-7-11-21(19)18-22;1-2/h3,5-6,9-10,12-13,18,23H,2,4,7-8,11,14-17H2,1H3;1H3. The molecule has 146 valence electrons. The van der Waals surface area contributed by atoms with Crippen LogP contribution in [0.1, 0.15) is 47.6 Å². The van der Waals surface area contributed by atoms with Crippen LogP contribution < -0.4 is 0 Å². The second kappa shape index (κ2) is 10.6. The van der Waals surface area contributed by atoms with Crippen molar-refractivity contribution in [3.05, 3.63) is 70.8 Å². The minimum atomic E-state index is 0.392. The number of hydrogen-bond acceptors (Lipinski definition) is 2. The minimum Gasteiger partial charge on any atom is -0.304 e. The van der Waals surface area contributed by atoms with Crippen molar-refractivity contribution in [3.8, 4) is 0 Å². The zero-order chi connectivity index (χ0) is 19.1. The molecule has 3 heteroatoms. The molecular formula is C24H33IN2. The zero-order valence-corrected chi connectivity index (χ0v) is 19.0. The molecular weight excluding hydrogens is 443 g/mol. The Morgan fingerprint density at radius 1 is 0.741 bits per heavy atom. The van der Waals surface area contributed by atoms with E-state index in [1.807, 2.05) is 4.93 Å². The molecule has 27 heavy (non-hydrogen) atoms. The van der Waals surface area contributed by atoms with Crippen molar-refractivity contribution in [2.24, 2.45) is 0 Å². The summed E-state index contributed by atoms with van der Waals surface area (Å²) in [7, 11) is 2.23. The number of piperazine rings is 1. The highest BCUT2D eigenvalue weighted by molar-refractivity contribution is 14.1. The van der Waals surface area contributed by atoms with E-state index in [0.717, 1.165) is 26.2 Å². The van der Waals surface area contributed by atoms with Crippen LogP contribution in [0.25, 0.3) is 0 Å². The van der Waals surface area contributed by atoms with Gasteiger partial charge in [0.2, 0.25) is 0 Å². The molecule has 0 radical (unpaired) electrons. The molecule has 0 amide bonds. The molecule has 4 rings (SSSR count). The fourth-order valence-electron chi connectivity index (χ4n) is 4.43. The highest BCUT2D eigenvalue weighted by Crippen LogP contribution is 2.32. The maximum atomic E-state index is 2.67. The van der Waals surface area contributed by atoms with Crippen LogP contribution in [-0.4, -0.2) is 48.0 Å². The van der Waals surface area contributed by atoms with E-state index in [1.54, 1.807) is 11.1 Å². The lowest BCUT2D eigenvalue weighted by Crippen LogP contribution is -2.46. The SMILES string of the molecule is CI.CN1CCN(C(c2ccccc2)c2ccc3c(c2)CCCCC3)CC1. The molecule has 0 saturated carbocycles. The molecule has 2 nitrogen and oxygen atoms in total. The third-order valence-corrected chi connectivity index (χ3v) is 5.96. The summed E-state index contributed by atoms with van der Waals surface area (Å²) in [5.74, 6) is 0. The monoisotopic (exact) mass is 476 g/mol. The lowest BCUT2D eigenvalue weighted by molar-refractivity contribution is 0.127.